The van der Waals surface area contributed by atoms with Crippen LogP contribution in [0.25, 0.3) is 21.9 Å². The number of halogens is 2. The van der Waals surface area contributed by atoms with Gasteiger partial charge in [0.15, 0.2) is 0 Å². The molecule has 0 saturated heterocycles. The molecule has 0 atom stereocenters. The molecule has 1 aliphatic rings. The van der Waals surface area contributed by atoms with E-state index in [0.717, 1.165) is 27.6 Å². The summed E-state index contributed by atoms with van der Waals surface area (Å²) >= 11 is 12.4. The maximum Gasteiger partial charge on any atom is 0.220 e. The first kappa shape index (κ1) is 18.6. The number of nitrogens with zero attached hydrogens (tertiary/aromatic N) is 3. The fourth-order valence-corrected chi connectivity index (χ4v) is 3.90. The van der Waals surface area contributed by atoms with E-state index in [1.54, 1.807) is 0 Å². The molecular weight excluding hydrogens is 393 g/mol. The van der Waals surface area contributed by atoms with Gasteiger partial charge in [0.2, 0.25) is 11.9 Å². The van der Waals surface area contributed by atoms with Crippen molar-refractivity contribution < 1.29 is 0 Å². The first-order valence-electron chi connectivity index (χ1n) is 8.74. The third-order valence-electron chi connectivity index (χ3n) is 4.76. The Labute approximate surface area is 173 Å². The second kappa shape index (κ2) is 6.69. The molecule has 0 bridgehead atoms. The highest BCUT2D eigenvalue weighted by Gasteiger charge is 2.32. The van der Waals surface area contributed by atoms with Gasteiger partial charge in [-0.15, -0.1) is 0 Å². The second-order valence-electron chi connectivity index (χ2n) is 7.11. The van der Waals surface area contributed by atoms with Gasteiger partial charge in [-0.2, -0.15) is 4.99 Å². The predicted molar refractivity (Wildman–Crippen MR) is 119 cm³/mol. The first-order valence-corrected chi connectivity index (χ1v) is 9.50. The average Bonchev–Trinajstić information content (AvgIpc) is 2.63. The molecule has 0 spiro atoms. The van der Waals surface area contributed by atoms with Crippen molar-refractivity contribution in [2.24, 2.45) is 21.5 Å². The van der Waals surface area contributed by atoms with Crippen molar-refractivity contribution in [3.8, 4) is 11.1 Å². The number of anilines is 1. The molecule has 0 saturated carbocycles. The molecule has 0 aromatic heterocycles. The van der Waals surface area contributed by atoms with Crippen LogP contribution in [0.5, 0.6) is 0 Å². The first-order chi connectivity index (χ1) is 13.3. The normalized spacial score (nSPS) is 16.1. The average molecular weight is 412 g/mol. The monoisotopic (exact) mass is 411 g/mol. The maximum absolute atomic E-state index is 6.30. The van der Waals surface area contributed by atoms with Crippen LogP contribution in [0.1, 0.15) is 13.8 Å². The molecule has 4 N–H and O–H groups in total. The zero-order valence-electron chi connectivity index (χ0n) is 15.4. The Morgan fingerprint density at radius 2 is 1.57 bits per heavy atom. The van der Waals surface area contributed by atoms with Crippen molar-refractivity contribution in [3.63, 3.8) is 0 Å². The molecule has 0 aliphatic carbocycles. The quantitative estimate of drug-likeness (QED) is 0.622. The van der Waals surface area contributed by atoms with E-state index in [9.17, 15) is 0 Å². The van der Waals surface area contributed by atoms with Crippen molar-refractivity contribution >= 4 is 51.6 Å². The summed E-state index contributed by atoms with van der Waals surface area (Å²) in [7, 11) is 0. The van der Waals surface area contributed by atoms with Crippen LogP contribution in [0, 0.1) is 0 Å². The topological polar surface area (TPSA) is 80.0 Å². The molecule has 4 rings (SSSR count). The number of rotatable bonds is 2. The molecule has 5 nitrogen and oxygen atoms in total. The summed E-state index contributed by atoms with van der Waals surface area (Å²) in [5.74, 6) is 0.507. The highest BCUT2D eigenvalue weighted by atomic mass is 35.5. The molecule has 0 unspecified atom stereocenters. The highest BCUT2D eigenvalue weighted by Crippen LogP contribution is 2.34. The van der Waals surface area contributed by atoms with Crippen LogP contribution in [-0.4, -0.2) is 17.6 Å². The van der Waals surface area contributed by atoms with Gasteiger partial charge in [0.1, 0.15) is 5.66 Å². The number of guanidine groups is 2. The lowest BCUT2D eigenvalue weighted by Gasteiger charge is -2.38. The summed E-state index contributed by atoms with van der Waals surface area (Å²) in [6, 6.07) is 18.0. The van der Waals surface area contributed by atoms with E-state index in [-0.39, 0.29) is 5.96 Å². The Hall–Kier alpha value is -2.76. The SMILES string of the molecule is CC1(C)N=C(N)N=C(N)N1c1ccc(-c2ccc3c(Cl)c(Cl)ccc3c2)cc1. The van der Waals surface area contributed by atoms with Gasteiger partial charge in [0.05, 0.1) is 10.0 Å². The van der Waals surface area contributed by atoms with Crippen LogP contribution in [0.15, 0.2) is 64.6 Å². The van der Waals surface area contributed by atoms with E-state index in [4.69, 9.17) is 34.7 Å². The Morgan fingerprint density at radius 3 is 2.25 bits per heavy atom. The molecule has 3 aromatic carbocycles. The number of nitrogens with two attached hydrogens (primary N) is 2. The minimum Gasteiger partial charge on any atom is -0.369 e. The molecule has 7 heteroatoms. The van der Waals surface area contributed by atoms with E-state index < -0.39 is 5.66 Å². The molecule has 28 heavy (non-hydrogen) atoms. The zero-order chi connectivity index (χ0) is 20.1. The molecule has 1 aliphatic heterocycles. The highest BCUT2D eigenvalue weighted by molar-refractivity contribution is 6.45. The van der Waals surface area contributed by atoms with Gasteiger partial charge < -0.3 is 11.5 Å². The standard InChI is InChI=1S/C21H19Cl2N5/c1-21(2)27-19(24)26-20(25)28(21)15-7-3-12(4-8-15)13-5-9-16-14(11-13)6-10-17(22)18(16)23/h3-11H,1-2H3,(H4,24,25,26,27). The van der Waals surface area contributed by atoms with Crippen molar-refractivity contribution in [3.05, 3.63) is 64.6 Å². The van der Waals surface area contributed by atoms with Gasteiger partial charge in [0.25, 0.3) is 0 Å². The third-order valence-corrected chi connectivity index (χ3v) is 5.58. The molecule has 0 amide bonds. The fourth-order valence-electron chi connectivity index (χ4n) is 3.50. The van der Waals surface area contributed by atoms with E-state index >= 15 is 0 Å². The summed E-state index contributed by atoms with van der Waals surface area (Å²) in [6.45, 7) is 3.88. The van der Waals surface area contributed by atoms with Gasteiger partial charge in [-0.25, -0.2) is 4.99 Å². The van der Waals surface area contributed by atoms with Crippen LogP contribution >= 0.6 is 23.2 Å². The van der Waals surface area contributed by atoms with Crippen LogP contribution in [0.4, 0.5) is 5.69 Å². The van der Waals surface area contributed by atoms with E-state index in [1.807, 2.05) is 67.3 Å². The van der Waals surface area contributed by atoms with Crippen LogP contribution in [-0.2, 0) is 0 Å². The number of fused-ring (bicyclic) bond motifs is 1. The maximum atomic E-state index is 6.30. The second-order valence-corrected chi connectivity index (χ2v) is 7.90. The minimum absolute atomic E-state index is 0.185. The predicted octanol–water partition coefficient (Wildman–Crippen LogP) is 5.00. The summed E-state index contributed by atoms with van der Waals surface area (Å²) in [6.07, 6.45) is 0. The number of hydrogen-bond donors (Lipinski definition) is 2. The summed E-state index contributed by atoms with van der Waals surface area (Å²) in [5, 5.41) is 3.10. The van der Waals surface area contributed by atoms with Crippen molar-refractivity contribution in [1.29, 1.82) is 0 Å². The van der Waals surface area contributed by atoms with Crippen molar-refractivity contribution in [1.82, 2.24) is 0 Å². The summed E-state index contributed by atoms with van der Waals surface area (Å²) in [5.41, 5.74) is 14.3. The smallest absolute Gasteiger partial charge is 0.220 e. The molecule has 0 radical (unpaired) electrons. The number of benzene rings is 3. The van der Waals surface area contributed by atoms with E-state index in [2.05, 4.69) is 16.1 Å². The third kappa shape index (κ3) is 3.17. The molecule has 3 aromatic rings. The molecule has 142 valence electrons. The van der Waals surface area contributed by atoms with Crippen LogP contribution in [0.2, 0.25) is 10.0 Å². The summed E-state index contributed by atoms with van der Waals surface area (Å²) < 4.78 is 0. The fraction of sp³-hybridized carbons (Fsp3) is 0.143. The largest absolute Gasteiger partial charge is 0.369 e. The Kier molecular flexibility index (Phi) is 4.44. The minimum atomic E-state index is -0.615. The van der Waals surface area contributed by atoms with Crippen LogP contribution in [0.3, 0.4) is 0 Å². The van der Waals surface area contributed by atoms with Gasteiger partial charge in [-0.05, 0) is 54.6 Å². The number of aliphatic imine (C=N–C) groups is 2. The zero-order valence-corrected chi connectivity index (χ0v) is 17.0. The Bertz CT molecular complexity index is 1130. The van der Waals surface area contributed by atoms with Gasteiger partial charge in [-0.1, -0.05) is 53.5 Å². The lowest BCUT2D eigenvalue weighted by molar-refractivity contribution is 0.534. The van der Waals surface area contributed by atoms with Crippen molar-refractivity contribution in [2.45, 2.75) is 19.5 Å². The Morgan fingerprint density at radius 1 is 0.893 bits per heavy atom. The Balaban J connectivity index is 1.70. The lowest BCUT2D eigenvalue weighted by Crippen LogP contribution is -2.54. The van der Waals surface area contributed by atoms with Crippen molar-refractivity contribution in [2.75, 3.05) is 4.90 Å². The molecule has 0 fully saturated rings. The molecular formula is C21H19Cl2N5. The van der Waals surface area contributed by atoms with Gasteiger partial charge in [0, 0.05) is 11.1 Å². The van der Waals surface area contributed by atoms with E-state index in [1.165, 1.54) is 0 Å². The lowest BCUT2D eigenvalue weighted by atomic mass is 10.0. The molecule has 1 heterocycles. The van der Waals surface area contributed by atoms with E-state index in [0.29, 0.717) is 16.0 Å². The van der Waals surface area contributed by atoms with Crippen LogP contribution < -0.4 is 16.4 Å². The number of hydrogen-bond acceptors (Lipinski definition) is 5. The summed E-state index contributed by atoms with van der Waals surface area (Å²) in [4.78, 5) is 10.3. The van der Waals surface area contributed by atoms with Gasteiger partial charge in [-0.3, -0.25) is 4.90 Å². The van der Waals surface area contributed by atoms with Gasteiger partial charge >= 0.3 is 0 Å².